The van der Waals surface area contributed by atoms with E-state index in [2.05, 4.69) is 5.32 Å². The topological polar surface area (TPSA) is 55.1 Å². The fraction of sp³-hybridized carbons (Fsp3) is 0.800. The van der Waals surface area contributed by atoms with Gasteiger partial charge >= 0.3 is 0 Å². The number of rotatable bonds is 1. The second-order valence-electron chi connectivity index (χ2n) is 2.09. The Morgan fingerprint density at radius 1 is 1.50 bits per heavy atom. The summed E-state index contributed by atoms with van der Waals surface area (Å²) in [7, 11) is 0. The van der Waals surface area contributed by atoms with Gasteiger partial charge in [-0.2, -0.15) is 0 Å². The monoisotopic (exact) mass is 186 g/mol. The van der Waals surface area contributed by atoms with E-state index in [1.165, 1.54) is 0 Å². The molecule has 0 aromatic rings. The number of carbonyl (C=O) groups is 1. The normalized spacial score (nSPS) is 22.6. The minimum Gasteiger partial charge on any atom is -0.369 e. The largest absolute Gasteiger partial charge is 0.369 e. The van der Waals surface area contributed by atoms with E-state index >= 15 is 0 Å². The molecule has 0 radical (unpaired) electrons. The molecule has 10 heavy (non-hydrogen) atoms. The van der Waals surface area contributed by atoms with Crippen molar-refractivity contribution in [2.75, 3.05) is 13.1 Å². The van der Waals surface area contributed by atoms with Crippen LogP contribution in [0.5, 0.6) is 0 Å². The van der Waals surface area contributed by atoms with Gasteiger partial charge in [-0.05, 0) is 13.0 Å². The summed E-state index contributed by atoms with van der Waals surface area (Å²) in [6.07, 6.45) is 0.912. The lowest BCUT2D eigenvalue weighted by Crippen LogP contribution is -2.24. The quantitative estimate of drug-likeness (QED) is 0.603. The first-order valence-corrected chi connectivity index (χ1v) is 2.81. The molecule has 0 bridgehead atoms. The van der Waals surface area contributed by atoms with Crippen molar-refractivity contribution in [2.24, 2.45) is 11.7 Å². The molecule has 1 atom stereocenters. The van der Waals surface area contributed by atoms with E-state index in [4.69, 9.17) is 5.73 Å². The van der Waals surface area contributed by atoms with Crippen LogP contribution in [0.25, 0.3) is 0 Å². The lowest BCUT2D eigenvalue weighted by atomic mass is 10.1. The first kappa shape index (κ1) is 12.7. The summed E-state index contributed by atoms with van der Waals surface area (Å²) in [6.45, 7) is 1.71. The molecule has 1 aliphatic rings. The van der Waals surface area contributed by atoms with Crippen LogP contribution < -0.4 is 11.1 Å². The second-order valence-corrected chi connectivity index (χ2v) is 2.09. The van der Waals surface area contributed by atoms with E-state index in [9.17, 15) is 4.79 Å². The van der Waals surface area contributed by atoms with Gasteiger partial charge in [-0.3, -0.25) is 4.79 Å². The van der Waals surface area contributed by atoms with Crippen LogP contribution in [0.3, 0.4) is 0 Å². The Morgan fingerprint density at radius 3 is 2.30 bits per heavy atom. The third-order valence-electron chi connectivity index (χ3n) is 1.46. The Bertz CT molecular complexity index is 104. The van der Waals surface area contributed by atoms with E-state index in [0.717, 1.165) is 19.5 Å². The molecule has 0 aliphatic carbocycles. The van der Waals surface area contributed by atoms with Gasteiger partial charge in [0.1, 0.15) is 0 Å². The fourth-order valence-electron chi connectivity index (χ4n) is 0.897. The third kappa shape index (κ3) is 3.25. The number of halogens is 2. The molecule has 1 heterocycles. The summed E-state index contributed by atoms with van der Waals surface area (Å²) in [5.74, 6) is -0.0787. The number of nitrogens with two attached hydrogens (primary N) is 1. The number of amides is 1. The van der Waals surface area contributed by atoms with Crippen LogP contribution in [-0.4, -0.2) is 19.0 Å². The molecule has 3 N–H and O–H groups in total. The van der Waals surface area contributed by atoms with Crippen LogP contribution in [0.2, 0.25) is 0 Å². The van der Waals surface area contributed by atoms with Crippen molar-refractivity contribution in [1.29, 1.82) is 0 Å². The molecule has 62 valence electrons. The fourth-order valence-corrected chi connectivity index (χ4v) is 0.897. The van der Waals surface area contributed by atoms with E-state index in [0.29, 0.717) is 0 Å². The minimum absolute atomic E-state index is 0. The number of primary amides is 1. The molecule has 1 aliphatic heterocycles. The number of hydrogen-bond acceptors (Lipinski definition) is 2. The molecule has 1 saturated heterocycles. The molecule has 0 unspecified atom stereocenters. The smallest absolute Gasteiger partial charge is 0.221 e. The van der Waals surface area contributed by atoms with Gasteiger partial charge in [-0.25, -0.2) is 0 Å². The van der Waals surface area contributed by atoms with Gasteiger partial charge < -0.3 is 11.1 Å². The van der Waals surface area contributed by atoms with Gasteiger partial charge in [-0.1, -0.05) is 0 Å². The second kappa shape index (κ2) is 5.77. The highest BCUT2D eigenvalue weighted by molar-refractivity contribution is 5.85. The van der Waals surface area contributed by atoms with Crippen molar-refractivity contribution in [1.82, 2.24) is 5.32 Å². The molecular formula is C5H12Cl2N2O. The zero-order valence-electron chi connectivity index (χ0n) is 5.50. The van der Waals surface area contributed by atoms with Crippen molar-refractivity contribution in [3.8, 4) is 0 Å². The van der Waals surface area contributed by atoms with Crippen molar-refractivity contribution in [3.05, 3.63) is 0 Å². The van der Waals surface area contributed by atoms with E-state index in [1.54, 1.807) is 0 Å². The van der Waals surface area contributed by atoms with Gasteiger partial charge in [0.25, 0.3) is 0 Å². The summed E-state index contributed by atoms with van der Waals surface area (Å²) in [5, 5.41) is 3.05. The van der Waals surface area contributed by atoms with Gasteiger partial charge in [0.15, 0.2) is 0 Å². The van der Waals surface area contributed by atoms with Crippen molar-refractivity contribution in [2.45, 2.75) is 6.42 Å². The average Bonchev–Trinajstić information content (AvgIpc) is 2.12. The highest BCUT2D eigenvalue weighted by atomic mass is 35.5. The SMILES string of the molecule is Cl.Cl.NC(=O)[C@H]1CCNC1. The van der Waals surface area contributed by atoms with E-state index in [1.807, 2.05) is 0 Å². The minimum atomic E-state index is -0.171. The predicted molar refractivity (Wildman–Crippen MR) is 44.7 cm³/mol. The predicted octanol–water partition coefficient (Wildman–Crippen LogP) is -0.0752. The number of nitrogens with one attached hydrogen (secondary N) is 1. The lowest BCUT2D eigenvalue weighted by Gasteiger charge is -1.98. The van der Waals surface area contributed by atoms with Crippen LogP contribution in [0.4, 0.5) is 0 Å². The molecule has 1 fully saturated rings. The highest BCUT2D eigenvalue weighted by Gasteiger charge is 2.18. The maximum absolute atomic E-state index is 10.4. The van der Waals surface area contributed by atoms with Crippen LogP contribution in [-0.2, 0) is 4.79 Å². The summed E-state index contributed by atoms with van der Waals surface area (Å²) in [5.41, 5.74) is 5.02. The molecule has 1 rings (SSSR count). The molecular weight excluding hydrogens is 175 g/mol. The van der Waals surface area contributed by atoms with Gasteiger partial charge in [0.2, 0.25) is 5.91 Å². The molecule has 5 heteroatoms. The highest BCUT2D eigenvalue weighted by Crippen LogP contribution is 2.04. The first-order chi connectivity index (χ1) is 3.80. The van der Waals surface area contributed by atoms with E-state index < -0.39 is 0 Å². The molecule has 0 saturated carbocycles. The Labute approximate surface area is 72.6 Å². The molecule has 1 amide bonds. The zero-order valence-corrected chi connectivity index (χ0v) is 7.13. The summed E-state index contributed by atoms with van der Waals surface area (Å²) < 4.78 is 0. The number of hydrogen-bond donors (Lipinski definition) is 2. The van der Waals surface area contributed by atoms with Crippen molar-refractivity contribution >= 4 is 30.7 Å². The summed E-state index contributed by atoms with van der Waals surface area (Å²) in [4.78, 5) is 10.4. The molecule has 3 nitrogen and oxygen atoms in total. The molecule has 0 spiro atoms. The van der Waals surface area contributed by atoms with Gasteiger partial charge in [0, 0.05) is 6.54 Å². The Morgan fingerprint density at radius 2 is 2.10 bits per heavy atom. The molecule has 0 aromatic carbocycles. The Kier molecular flexibility index (Phi) is 7.31. The van der Waals surface area contributed by atoms with Crippen molar-refractivity contribution in [3.63, 3.8) is 0 Å². The third-order valence-corrected chi connectivity index (χ3v) is 1.46. The van der Waals surface area contributed by atoms with Crippen LogP contribution >= 0.6 is 24.8 Å². The van der Waals surface area contributed by atoms with Crippen molar-refractivity contribution < 1.29 is 4.79 Å². The Balaban J connectivity index is 0. The maximum atomic E-state index is 10.4. The van der Waals surface area contributed by atoms with E-state index in [-0.39, 0.29) is 36.6 Å². The Hall–Kier alpha value is 0.01000. The number of carbonyl (C=O) groups excluding carboxylic acids is 1. The molecule has 0 aromatic heterocycles. The summed E-state index contributed by atoms with van der Waals surface area (Å²) >= 11 is 0. The van der Waals surface area contributed by atoms with Crippen LogP contribution in [0, 0.1) is 5.92 Å². The lowest BCUT2D eigenvalue weighted by molar-refractivity contribution is -0.121. The average molecular weight is 187 g/mol. The van der Waals surface area contributed by atoms with Gasteiger partial charge in [0.05, 0.1) is 5.92 Å². The summed E-state index contributed by atoms with van der Waals surface area (Å²) in [6, 6.07) is 0. The first-order valence-electron chi connectivity index (χ1n) is 2.81. The maximum Gasteiger partial charge on any atom is 0.221 e. The van der Waals surface area contributed by atoms with Gasteiger partial charge in [-0.15, -0.1) is 24.8 Å². The zero-order chi connectivity index (χ0) is 5.98. The standard InChI is InChI=1S/C5H10N2O.2ClH/c6-5(8)4-1-2-7-3-4;;/h4,7H,1-3H2,(H2,6,8);2*1H/t4-;;/m0../s1. The van der Waals surface area contributed by atoms with Crippen LogP contribution in [0.1, 0.15) is 6.42 Å². The van der Waals surface area contributed by atoms with Crippen LogP contribution in [0.15, 0.2) is 0 Å².